The first kappa shape index (κ1) is 20.5. The van der Waals surface area contributed by atoms with Crippen LogP contribution < -0.4 is 9.62 Å². The summed E-state index contributed by atoms with van der Waals surface area (Å²) in [5.74, 6) is -0.822. The van der Waals surface area contributed by atoms with Crippen LogP contribution in [0.4, 0.5) is 10.1 Å². The summed E-state index contributed by atoms with van der Waals surface area (Å²) in [6.45, 7) is 1.59. The smallest absolute Gasteiger partial charge is 0.264 e. The van der Waals surface area contributed by atoms with Gasteiger partial charge in [-0.3, -0.25) is 9.10 Å². The molecule has 1 amide bonds. The first-order chi connectivity index (χ1) is 13.9. The van der Waals surface area contributed by atoms with Gasteiger partial charge in [0.25, 0.3) is 10.0 Å². The number of anilines is 1. The Morgan fingerprint density at radius 2 is 1.55 bits per heavy atom. The van der Waals surface area contributed by atoms with Gasteiger partial charge in [0.1, 0.15) is 12.4 Å². The van der Waals surface area contributed by atoms with Crippen molar-refractivity contribution < 1.29 is 17.6 Å². The van der Waals surface area contributed by atoms with Crippen LogP contribution >= 0.6 is 0 Å². The molecule has 29 heavy (non-hydrogen) atoms. The van der Waals surface area contributed by atoms with Crippen molar-refractivity contribution in [3.8, 4) is 0 Å². The Bertz CT molecular complexity index is 1080. The predicted molar refractivity (Wildman–Crippen MR) is 110 cm³/mol. The van der Waals surface area contributed by atoms with E-state index in [2.05, 4.69) is 5.32 Å². The molecule has 0 fully saturated rings. The second-order valence-electron chi connectivity index (χ2n) is 6.51. The van der Waals surface area contributed by atoms with Crippen LogP contribution in [0.15, 0.2) is 83.8 Å². The fourth-order valence-corrected chi connectivity index (χ4v) is 4.36. The summed E-state index contributed by atoms with van der Waals surface area (Å²) in [5, 5.41) is 2.69. The molecule has 3 aromatic carbocycles. The molecular formula is C22H21FN2O3S. The Balaban J connectivity index is 1.85. The lowest BCUT2D eigenvalue weighted by molar-refractivity contribution is -0.119. The molecule has 0 saturated carbocycles. The molecule has 0 spiro atoms. The summed E-state index contributed by atoms with van der Waals surface area (Å²) in [7, 11) is -3.94. The molecule has 0 heterocycles. The van der Waals surface area contributed by atoms with Crippen LogP contribution in [-0.4, -0.2) is 20.9 Å². The van der Waals surface area contributed by atoms with Gasteiger partial charge in [0, 0.05) is 6.54 Å². The molecule has 0 aliphatic carbocycles. The third kappa shape index (κ3) is 5.00. The van der Waals surface area contributed by atoms with Crippen LogP contribution in [0.2, 0.25) is 0 Å². The standard InChI is InChI=1S/C22H21FN2O3S/c1-17-7-5-6-10-21(17)25(29(27,28)20-8-3-2-4-9-20)16-22(26)24-15-18-11-13-19(23)14-12-18/h2-14H,15-16H2,1H3,(H,24,26). The molecule has 1 N–H and O–H groups in total. The van der Waals surface area contributed by atoms with E-state index in [4.69, 9.17) is 0 Å². The number of aryl methyl sites for hydroxylation is 1. The lowest BCUT2D eigenvalue weighted by atomic mass is 10.2. The molecule has 7 heteroatoms. The third-order valence-corrected chi connectivity index (χ3v) is 6.18. The monoisotopic (exact) mass is 412 g/mol. The Labute approximate surface area is 169 Å². The molecule has 0 aliphatic rings. The Morgan fingerprint density at radius 1 is 0.931 bits per heavy atom. The second kappa shape index (κ2) is 8.87. The maximum Gasteiger partial charge on any atom is 0.264 e. The van der Waals surface area contributed by atoms with Gasteiger partial charge in [0.05, 0.1) is 10.6 Å². The van der Waals surface area contributed by atoms with Crippen molar-refractivity contribution in [3.05, 3.63) is 95.8 Å². The van der Waals surface area contributed by atoms with Crippen LogP contribution in [0.1, 0.15) is 11.1 Å². The van der Waals surface area contributed by atoms with E-state index in [1.165, 1.54) is 24.3 Å². The van der Waals surface area contributed by atoms with E-state index in [0.29, 0.717) is 11.3 Å². The maximum absolute atomic E-state index is 13.2. The number of carbonyl (C=O) groups excluding carboxylic acids is 1. The quantitative estimate of drug-likeness (QED) is 0.644. The van der Waals surface area contributed by atoms with Gasteiger partial charge in [0.2, 0.25) is 5.91 Å². The highest BCUT2D eigenvalue weighted by molar-refractivity contribution is 7.92. The van der Waals surface area contributed by atoms with Gasteiger partial charge in [-0.1, -0.05) is 48.5 Å². The minimum absolute atomic E-state index is 0.106. The number of hydrogen-bond acceptors (Lipinski definition) is 3. The van der Waals surface area contributed by atoms with Gasteiger partial charge in [0.15, 0.2) is 0 Å². The molecule has 0 radical (unpaired) electrons. The summed E-state index contributed by atoms with van der Waals surface area (Å²) < 4.78 is 40.6. The molecule has 0 bridgehead atoms. The lowest BCUT2D eigenvalue weighted by Crippen LogP contribution is -2.41. The summed E-state index contributed by atoms with van der Waals surface area (Å²) in [4.78, 5) is 12.7. The highest BCUT2D eigenvalue weighted by Gasteiger charge is 2.27. The number of hydrogen-bond donors (Lipinski definition) is 1. The summed E-state index contributed by atoms with van der Waals surface area (Å²) in [6.07, 6.45) is 0. The molecule has 3 aromatic rings. The SMILES string of the molecule is Cc1ccccc1N(CC(=O)NCc1ccc(F)cc1)S(=O)(=O)c1ccccc1. The molecule has 150 valence electrons. The normalized spacial score (nSPS) is 11.1. The topological polar surface area (TPSA) is 66.5 Å². The van der Waals surface area contributed by atoms with Crippen molar-refractivity contribution in [2.75, 3.05) is 10.8 Å². The summed E-state index contributed by atoms with van der Waals surface area (Å²) in [6, 6.07) is 20.7. The fraction of sp³-hybridized carbons (Fsp3) is 0.136. The van der Waals surface area contributed by atoms with Crippen LogP contribution in [0.3, 0.4) is 0 Å². The van der Waals surface area contributed by atoms with Crippen LogP contribution in [0.25, 0.3) is 0 Å². The van der Waals surface area contributed by atoms with Crippen molar-refractivity contribution in [1.82, 2.24) is 5.32 Å². The van der Waals surface area contributed by atoms with E-state index in [9.17, 15) is 17.6 Å². The second-order valence-corrected chi connectivity index (χ2v) is 8.38. The van der Waals surface area contributed by atoms with Gasteiger partial charge in [-0.25, -0.2) is 12.8 Å². The van der Waals surface area contributed by atoms with Gasteiger partial charge in [-0.05, 0) is 48.4 Å². The first-order valence-electron chi connectivity index (χ1n) is 9.02. The largest absolute Gasteiger partial charge is 0.350 e. The number of amides is 1. The van der Waals surface area contributed by atoms with E-state index in [1.54, 1.807) is 61.5 Å². The Kier molecular flexibility index (Phi) is 6.29. The van der Waals surface area contributed by atoms with Gasteiger partial charge < -0.3 is 5.32 Å². The van der Waals surface area contributed by atoms with Crippen molar-refractivity contribution in [1.29, 1.82) is 0 Å². The van der Waals surface area contributed by atoms with Crippen molar-refractivity contribution in [2.24, 2.45) is 0 Å². The Hall–Kier alpha value is -3.19. The van der Waals surface area contributed by atoms with E-state index >= 15 is 0 Å². The Morgan fingerprint density at radius 3 is 2.21 bits per heavy atom. The molecule has 0 aliphatic heterocycles. The van der Waals surface area contributed by atoms with Gasteiger partial charge >= 0.3 is 0 Å². The number of nitrogens with one attached hydrogen (secondary N) is 1. The van der Waals surface area contributed by atoms with E-state index < -0.39 is 15.9 Å². The number of rotatable bonds is 7. The highest BCUT2D eigenvalue weighted by atomic mass is 32.2. The zero-order valence-corrected chi connectivity index (χ0v) is 16.7. The van der Waals surface area contributed by atoms with Crippen molar-refractivity contribution >= 4 is 21.6 Å². The number of benzene rings is 3. The number of para-hydroxylation sites is 1. The van der Waals surface area contributed by atoms with Crippen LogP contribution in [0.5, 0.6) is 0 Å². The minimum Gasteiger partial charge on any atom is -0.350 e. The van der Waals surface area contributed by atoms with E-state index in [1.807, 2.05) is 0 Å². The zero-order chi connectivity index (χ0) is 20.9. The minimum atomic E-state index is -3.94. The molecular weight excluding hydrogens is 391 g/mol. The van der Waals surface area contributed by atoms with E-state index in [0.717, 1.165) is 9.87 Å². The molecule has 0 atom stereocenters. The van der Waals surface area contributed by atoms with Gasteiger partial charge in [-0.2, -0.15) is 0 Å². The van der Waals surface area contributed by atoms with Crippen LogP contribution in [-0.2, 0) is 21.4 Å². The molecule has 0 saturated heterocycles. The first-order valence-corrected chi connectivity index (χ1v) is 10.5. The molecule has 0 aromatic heterocycles. The van der Waals surface area contributed by atoms with Gasteiger partial charge in [-0.15, -0.1) is 0 Å². The van der Waals surface area contributed by atoms with Crippen molar-refractivity contribution in [2.45, 2.75) is 18.4 Å². The van der Waals surface area contributed by atoms with Crippen molar-refractivity contribution in [3.63, 3.8) is 0 Å². The summed E-state index contributed by atoms with van der Waals surface area (Å²) >= 11 is 0. The number of nitrogens with zero attached hydrogens (tertiary/aromatic N) is 1. The molecule has 3 rings (SSSR count). The highest BCUT2D eigenvalue weighted by Crippen LogP contribution is 2.26. The zero-order valence-electron chi connectivity index (χ0n) is 15.9. The average molecular weight is 412 g/mol. The average Bonchev–Trinajstić information content (AvgIpc) is 2.73. The third-order valence-electron chi connectivity index (χ3n) is 4.41. The molecule has 5 nitrogen and oxygen atoms in total. The fourth-order valence-electron chi connectivity index (χ4n) is 2.85. The maximum atomic E-state index is 13.2. The van der Waals surface area contributed by atoms with Crippen LogP contribution in [0, 0.1) is 12.7 Å². The lowest BCUT2D eigenvalue weighted by Gasteiger charge is -2.25. The number of sulfonamides is 1. The number of carbonyl (C=O) groups is 1. The predicted octanol–water partition coefficient (Wildman–Crippen LogP) is 3.65. The summed E-state index contributed by atoms with van der Waals surface area (Å²) in [5.41, 5.74) is 1.89. The molecule has 0 unspecified atom stereocenters. The number of halogens is 1. The van der Waals surface area contributed by atoms with E-state index in [-0.39, 0.29) is 23.8 Å².